The van der Waals surface area contributed by atoms with Gasteiger partial charge >= 0.3 is 0 Å². The predicted octanol–water partition coefficient (Wildman–Crippen LogP) is 1.04. The Balaban J connectivity index is 2.79. The maximum absolute atomic E-state index is 11.4. The van der Waals surface area contributed by atoms with Crippen LogP contribution in [0, 0.1) is 0 Å². The summed E-state index contributed by atoms with van der Waals surface area (Å²) in [6.45, 7) is 2.37. The molecule has 3 N–H and O–H groups in total. The van der Waals surface area contributed by atoms with Crippen molar-refractivity contribution in [2.45, 2.75) is 13.0 Å². The van der Waals surface area contributed by atoms with E-state index in [0.29, 0.717) is 23.6 Å². The van der Waals surface area contributed by atoms with Crippen molar-refractivity contribution in [3.05, 3.63) is 23.8 Å². The van der Waals surface area contributed by atoms with Crippen LogP contribution in [-0.4, -0.2) is 32.8 Å². The molecule has 0 aromatic heterocycles. The van der Waals surface area contributed by atoms with Gasteiger partial charge in [-0.2, -0.15) is 0 Å². The molecule has 0 radical (unpaired) electrons. The van der Waals surface area contributed by atoms with E-state index in [-0.39, 0.29) is 12.0 Å². The van der Waals surface area contributed by atoms with E-state index in [9.17, 15) is 4.79 Å². The van der Waals surface area contributed by atoms with Gasteiger partial charge in [0.15, 0.2) is 0 Å². The van der Waals surface area contributed by atoms with E-state index in [2.05, 4.69) is 5.32 Å². The van der Waals surface area contributed by atoms with Crippen molar-refractivity contribution in [3.8, 4) is 5.75 Å². The maximum atomic E-state index is 11.4. The third-order valence-electron chi connectivity index (χ3n) is 2.23. The van der Waals surface area contributed by atoms with Gasteiger partial charge in [-0.05, 0) is 25.1 Å². The van der Waals surface area contributed by atoms with E-state index in [1.807, 2.05) is 6.92 Å². The summed E-state index contributed by atoms with van der Waals surface area (Å²) in [5.74, 6) is 0.385. The second-order valence-corrected chi connectivity index (χ2v) is 3.72. The van der Waals surface area contributed by atoms with E-state index < -0.39 is 0 Å². The lowest BCUT2D eigenvalue weighted by Gasteiger charge is -2.15. The lowest BCUT2D eigenvalue weighted by molar-refractivity contribution is 0.0924. The van der Waals surface area contributed by atoms with Gasteiger partial charge in [-0.25, -0.2) is 0 Å². The Morgan fingerprint density at radius 1 is 1.53 bits per heavy atom. The monoisotopic (exact) mass is 238 g/mol. The Kier molecular flexibility index (Phi) is 4.78. The van der Waals surface area contributed by atoms with Crippen LogP contribution in [0.4, 0.5) is 5.69 Å². The number of nitrogens with one attached hydrogen (secondary N) is 1. The Morgan fingerprint density at radius 2 is 2.24 bits per heavy atom. The van der Waals surface area contributed by atoms with Crippen LogP contribution in [0.25, 0.3) is 0 Å². The Labute approximate surface area is 101 Å². The van der Waals surface area contributed by atoms with Crippen molar-refractivity contribution >= 4 is 11.6 Å². The van der Waals surface area contributed by atoms with Crippen LogP contribution in [-0.2, 0) is 4.74 Å². The van der Waals surface area contributed by atoms with E-state index in [1.54, 1.807) is 32.4 Å². The Hall–Kier alpha value is -1.75. The molecule has 1 aromatic carbocycles. The van der Waals surface area contributed by atoms with Crippen LogP contribution in [0.5, 0.6) is 5.75 Å². The zero-order valence-electron chi connectivity index (χ0n) is 10.3. The van der Waals surface area contributed by atoms with Crippen molar-refractivity contribution in [3.63, 3.8) is 0 Å². The number of anilines is 1. The lowest BCUT2D eigenvalue weighted by Crippen LogP contribution is -2.20. The van der Waals surface area contributed by atoms with Gasteiger partial charge in [-0.3, -0.25) is 4.79 Å². The summed E-state index contributed by atoms with van der Waals surface area (Å²) < 4.78 is 10.5. The number of methoxy groups -OCH3 is 1. The molecule has 0 aliphatic carbocycles. The van der Waals surface area contributed by atoms with E-state index in [0.717, 1.165) is 0 Å². The standard InChI is InChI=1S/C12H18N2O3/c1-8(7-16-3)17-11-5-4-9(6-10(11)13)12(15)14-2/h4-6,8H,7,13H2,1-3H3,(H,14,15). The summed E-state index contributed by atoms with van der Waals surface area (Å²) in [6.07, 6.45) is -0.0897. The van der Waals surface area contributed by atoms with Gasteiger partial charge in [0.1, 0.15) is 11.9 Å². The zero-order valence-corrected chi connectivity index (χ0v) is 10.3. The van der Waals surface area contributed by atoms with Gasteiger partial charge < -0.3 is 20.5 Å². The molecule has 5 nitrogen and oxygen atoms in total. The van der Waals surface area contributed by atoms with Crippen molar-refractivity contribution in [2.24, 2.45) is 0 Å². The minimum Gasteiger partial charge on any atom is -0.486 e. The molecule has 0 saturated heterocycles. The first-order valence-electron chi connectivity index (χ1n) is 5.35. The number of benzene rings is 1. The average molecular weight is 238 g/mol. The molecule has 1 rings (SSSR count). The SMILES string of the molecule is CNC(=O)c1ccc(OC(C)COC)c(N)c1. The first kappa shape index (κ1) is 13.3. The third-order valence-corrected chi connectivity index (χ3v) is 2.23. The molecule has 0 aliphatic heterocycles. The number of hydrogen-bond acceptors (Lipinski definition) is 4. The fourth-order valence-corrected chi connectivity index (χ4v) is 1.43. The predicted molar refractivity (Wildman–Crippen MR) is 66.2 cm³/mol. The van der Waals surface area contributed by atoms with Crippen molar-refractivity contribution in [2.75, 3.05) is 26.5 Å². The first-order valence-corrected chi connectivity index (χ1v) is 5.35. The van der Waals surface area contributed by atoms with Gasteiger partial charge in [-0.1, -0.05) is 0 Å². The molecule has 0 spiro atoms. The van der Waals surface area contributed by atoms with Crippen LogP contribution in [0.2, 0.25) is 0 Å². The Morgan fingerprint density at radius 3 is 2.76 bits per heavy atom. The van der Waals surface area contributed by atoms with Crippen LogP contribution in [0.3, 0.4) is 0 Å². The van der Waals surface area contributed by atoms with Gasteiger partial charge in [0.25, 0.3) is 5.91 Å². The number of carbonyl (C=O) groups is 1. The van der Waals surface area contributed by atoms with Crippen molar-refractivity contribution in [1.82, 2.24) is 5.32 Å². The summed E-state index contributed by atoms with van der Waals surface area (Å²) in [4.78, 5) is 11.4. The Bertz CT molecular complexity index is 393. The van der Waals surface area contributed by atoms with Crippen molar-refractivity contribution < 1.29 is 14.3 Å². The highest BCUT2D eigenvalue weighted by molar-refractivity contribution is 5.95. The normalized spacial score (nSPS) is 11.9. The maximum Gasteiger partial charge on any atom is 0.251 e. The fraction of sp³-hybridized carbons (Fsp3) is 0.417. The molecule has 1 atom stereocenters. The number of amides is 1. The smallest absolute Gasteiger partial charge is 0.251 e. The zero-order chi connectivity index (χ0) is 12.8. The fourth-order valence-electron chi connectivity index (χ4n) is 1.43. The number of nitrogens with two attached hydrogens (primary N) is 1. The molecule has 0 aliphatic rings. The van der Waals surface area contributed by atoms with Gasteiger partial charge in [0.05, 0.1) is 12.3 Å². The lowest BCUT2D eigenvalue weighted by atomic mass is 10.2. The summed E-state index contributed by atoms with van der Waals surface area (Å²) in [5, 5.41) is 2.53. The average Bonchev–Trinajstić information content (AvgIpc) is 2.31. The van der Waals surface area contributed by atoms with Gasteiger partial charge in [-0.15, -0.1) is 0 Å². The summed E-state index contributed by atoms with van der Waals surface area (Å²) in [7, 11) is 3.18. The van der Waals surface area contributed by atoms with Crippen molar-refractivity contribution in [1.29, 1.82) is 0 Å². The largest absolute Gasteiger partial charge is 0.486 e. The molecule has 94 valence electrons. The third kappa shape index (κ3) is 3.64. The second-order valence-electron chi connectivity index (χ2n) is 3.72. The minimum atomic E-state index is -0.173. The van der Waals surface area contributed by atoms with E-state index in [1.165, 1.54) is 0 Å². The highest BCUT2D eigenvalue weighted by Gasteiger charge is 2.09. The van der Waals surface area contributed by atoms with E-state index in [4.69, 9.17) is 15.2 Å². The van der Waals surface area contributed by atoms with Gasteiger partial charge in [0.2, 0.25) is 0 Å². The highest BCUT2D eigenvalue weighted by Crippen LogP contribution is 2.23. The van der Waals surface area contributed by atoms with Crippen LogP contribution in [0.1, 0.15) is 17.3 Å². The number of nitrogen functional groups attached to an aromatic ring is 1. The molecule has 1 amide bonds. The molecule has 17 heavy (non-hydrogen) atoms. The number of rotatable bonds is 5. The summed E-state index contributed by atoms with van der Waals surface area (Å²) in [5.41, 5.74) is 6.76. The molecule has 0 fully saturated rings. The number of hydrogen-bond donors (Lipinski definition) is 2. The van der Waals surface area contributed by atoms with Crippen LogP contribution < -0.4 is 15.8 Å². The molecule has 0 heterocycles. The topological polar surface area (TPSA) is 73.6 Å². The second kappa shape index (κ2) is 6.10. The molecule has 0 bridgehead atoms. The van der Waals surface area contributed by atoms with Crippen LogP contribution >= 0.6 is 0 Å². The van der Waals surface area contributed by atoms with E-state index >= 15 is 0 Å². The number of ether oxygens (including phenoxy) is 2. The quantitative estimate of drug-likeness (QED) is 0.752. The molecule has 1 aromatic rings. The summed E-state index contributed by atoms with van der Waals surface area (Å²) >= 11 is 0. The van der Waals surface area contributed by atoms with Gasteiger partial charge in [0, 0.05) is 19.7 Å². The summed E-state index contributed by atoms with van der Waals surface area (Å²) in [6, 6.07) is 4.95. The molecular formula is C12H18N2O3. The minimum absolute atomic E-state index is 0.0897. The van der Waals surface area contributed by atoms with Crippen LogP contribution in [0.15, 0.2) is 18.2 Å². The first-order chi connectivity index (χ1) is 8.08. The molecular weight excluding hydrogens is 220 g/mol. The molecule has 5 heteroatoms. The highest BCUT2D eigenvalue weighted by atomic mass is 16.5. The number of carbonyl (C=O) groups excluding carboxylic acids is 1. The molecule has 0 saturated carbocycles. The molecule has 1 unspecified atom stereocenters.